The molecule has 1 aliphatic carbocycles. The van der Waals surface area contributed by atoms with E-state index < -0.39 is 0 Å². The summed E-state index contributed by atoms with van der Waals surface area (Å²) in [4.78, 5) is 0. The molecule has 0 radical (unpaired) electrons. The molecule has 1 atom stereocenters. The van der Waals surface area contributed by atoms with Crippen LogP contribution in [0.25, 0.3) is 0 Å². The molecule has 60 valence electrons. The van der Waals surface area contributed by atoms with Crippen LogP contribution in [0.4, 0.5) is 0 Å². The minimum atomic E-state index is 0.787. The SMILES string of the molecule is CC(C)[C@H](CN)C1CCC1. The van der Waals surface area contributed by atoms with Crippen LogP contribution in [0, 0.1) is 17.8 Å². The van der Waals surface area contributed by atoms with Gasteiger partial charge < -0.3 is 5.73 Å². The van der Waals surface area contributed by atoms with E-state index in [0.29, 0.717) is 0 Å². The second-order valence-corrected chi connectivity index (χ2v) is 3.83. The molecule has 0 aromatic rings. The normalized spacial score (nSPS) is 22.8. The average Bonchev–Trinajstić information content (AvgIpc) is 1.76. The van der Waals surface area contributed by atoms with Crippen LogP contribution < -0.4 is 5.73 Å². The summed E-state index contributed by atoms with van der Waals surface area (Å²) in [6.07, 6.45) is 4.30. The Morgan fingerprint density at radius 2 is 2.00 bits per heavy atom. The summed E-state index contributed by atoms with van der Waals surface area (Å²) >= 11 is 0. The van der Waals surface area contributed by atoms with Gasteiger partial charge in [0.25, 0.3) is 0 Å². The zero-order valence-electron chi connectivity index (χ0n) is 7.14. The zero-order valence-corrected chi connectivity index (χ0v) is 7.14. The van der Waals surface area contributed by atoms with Gasteiger partial charge in [-0.25, -0.2) is 0 Å². The predicted octanol–water partition coefficient (Wildman–Crippen LogP) is 2.02. The summed E-state index contributed by atoms with van der Waals surface area (Å²) in [5.41, 5.74) is 5.68. The van der Waals surface area contributed by atoms with Gasteiger partial charge in [-0.3, -0.25) is 0 Å². The molecule has 0 unspecified atom stereocenters. The number of hydrogen-bond acceptors (Lipinski definition) is 1. The van der Waals surface area contributed by atoms with Crippen LogP contribution in [0.1, 0.15) is 33.1 Å². The fraction of sp³-hybridized carbons (Fsp3) is 1.00. The van der Waals surface area contributed by atoms with Crippen LogP contribution in [0.5, 0.6) is 0 Å². The van der Waals surface area contributed by atoms with Crippen LogP contribution in [-0.4, -0.2) is 6.54 Å². The van der Waals surface area contributed by atoms with Crippen molar-refractivity contribution in [1.29, 1.82) is 0 Å². The first kappa shape index (κ1) is 8.06. The number of nitrogens with two attached hydrogens (primary N) is 1. The van der Waals surface area contributed by atoms with Crippen LogP contribution in [0.3, 0.4) is 0 Å². The third kappa shape index (κ3) is 1.51. The van der Waals surface area contributed by atoms with Gasteiger partial charge in [0, 0.05) is 0 Å². The molecule has 1 nitrogen and oxygen atoms in total. The van der Waals surface area contributed by atoms with Crippen molar-refractivity contribution in [2.75, 3.05) is 6.54 Å². The van der Waals surface area contributed by atoms with Crippen LogP contribution in [0.2, 0.25) is 0 Å². The van der Waals surface area contributed by atoms with Crippen molar-refractivity contribution < 1.29 is 0 Å². The van der Waals surface area contributed by atoms with E-state index in [2.05, 4.69) is 13.8 Å². The first-order chi connectivity index (χ1) is 4.75. The van der Waals surface area contributed by atoms with Crippen molar-refractivity contribution in [2.45, 2.75) is 33.1 Å². The Hall–Kier alpha value is -0.0400. The van der Waals surface area contributed by atoms with Gasteiger partial charge >= 0.3 is 0 Å². The molecule has 1 rings (SSSR count). The van der Waals surface area contributed by atoms with Gasteiger partial charge in [0.15, 0.2) is 0 Å². The maximum Gasteiger partial charge on any atom is -0.00438 e. The maximum absolute atomic E-state index is 5.68. The second-order valence-electron chi connectivity index (χ2n) is 3.83. The third-order valence-electron chi connectivity index (χ3n) is 2.88. The number of rotatable bonds is 3. The van der Waals surface area contributed by atoms with Crippen molar-refractivity contribution in [2.24, 2.45) is 23.5 Å². The van der Waals surface area contributed by atoms with Gasteiger partial charge in [0.2, 0.25) is 0 Å². The van der Waals surface area contributed by atoms with Gasteiger partial charge in [-0.15, -0.1) is 0 Å². The lowest BCUT2D eigenvalue weighted by Gasteiger charge is -2.35. The van der Waals surface area contributed by atoms with E-state index in [1.165, 1.54) is 19.3 Å². The summed E-state index contributed by atoms with van der Waals surface area (Å²) < 4.78 is 0. The van der Waals surface area contributed by atoms with Crippen LogP contribution in [0.15, 0.2) is 0 Å². The highest BCUT2D eigenvalue weighted by Gasteiger charge is 2.27. The Labute approximate surface area is 64.0 Å². The highest BCUT2D eigenvalue weighted by molar-refractivity contribution is 4.79. The van der Waals surface area contributed by atoms with Gasteiger partial charge in [-0.1, -0.05) is 33.1 Å². The molecule has 1 fully saturated rings. The standard InChI is InChI=1S/C9H19N/c1-7(2)9(6-10)8-4-3-5-8/h7-9H,3-6,10H2,1-2H3/t9-/m0/s1. The van der Waals surface area contributed by atoms with Crippen LogP contribution in [-0.2, 0) is 0 Å². The molecule has 1 saturated carbocycles. The second kappa shape index (κ2) is 3.38. The van der Waals surface area contributed by atoms with Gasteiger partial charge in [0.1, 0.15) is 0 Å². The van der Waals surface area contributed by atoms with E-state index >= 15 is 0 Å². The van der Waals surface area contributed by atoms with Crippen molar-refractivity contribution in [3.05, 3.63) is 0 Å². The Morgan fingerprint density at radius 3 is 2.10 bits per heavy atom. The topological polar surface area (TPSA) is 26.0 Å². The third-order valence-corrected chi connectivity index (χ3v) is 2.88. The summed E-state index contributed by atoms with van der Waals surface area (Å²) in [5, 5.41) is 0. The number of hydrogen-bond donors (Lipinski definition) is 1. The molecule has 0 heterocycles. The summed E-state index contributed by atoms with van der Waals surface area (Å²) in [7, 11) is 0. The lowest BCUT2D eigenvalue weighted by atomic mass is 9.71. The van der Waals surface area contributed by atoms with Gasteiger partial charge in [0.05, 0.1) is 0 Å². The molecule has 0 amide bonds. The average molecular weight is 141 g/mol. The molecule has 1 aliphatic rings. The molecule has 10 heavy (non-hydrogen) atoms. The minimum Gasteiger partial charge on any atom is -0.330 e. The lowest BCUT2D eigenvalue weighted by molar-refractivity contribution is 0.166. The Bertz CT molecular complexity index is 94.9. The molecule has 0 saturated heterocycles. The Kier molecular flexibility index (Phi) is 2.72. The van der Waals surface area contributed by atoms with Gasteiger partial charge in [-0.05, 0) is 24.3 Å². The fourth-order valence-corrected chi connectivity index (χ4v) is 1.88. The minimum absolute atomic E-state index is 0.787. The van der Waals surface area contributed by atoms with E-state index in [-0.39, 0.29) is 0 Å². The first-order valence-corrected chi connectivity index (χ1v) is 4.45. The molecule has 0 aromatic heterocycles. The van der Waals surface area contributed by atoms with E-state index in [1.807, 2.05) is 0 Å². The van der Waals surface area contributed by atoms with E-state index in [0.717, 1.165) is 24.3 Å². The van der Waals surface area contributed by atoms with Crippen molar-refractivity contribution >= 4 is 0 Å². The molecule has 0 aromatic carbocycles. The largest absolute Gasteiger partial charge is 0.330 e. The Morgan fingerprint density at radius 1 is 1.40 bits per heavy atom. The molecule has 2 N–H and O–H groups in total. The van der Waals surface area contributed by atoms with Crippen molar-refractivity contribution in [3.63, 3.8) is 0 Å². The summed E-state index contributed by atoms with van der Waals surface area (Å²) in [6, 6.07) is 0. The van der Waals surface area contributed by atoms with Crippen molar-refractivity contribution in [3.8, 4) is 0 Å². The molecular weight excluding hydrogens is 122 g/mol. The fourth-order valence-electron chi connectivity index (χ4n) is 1.88. The molecular formula is C9H19N. The zero-order chi connectivity index (χ0) is 7.56. The van der Waals surface area contributed by atoms with Crippen LogP contribution >= 0.6 is 0 Å². The molecule has 0 aliphatic heterocycles. The Balaban J connectivity index is 2.31. The molecule has 0 spiro atoms. The lowest BCUT2D eigenvalue weighted by Crippen LogP contribution is -2.32. The van der Waals surface area contributed by atoms with Crippen molar-refractivity contribution in [1.82, 2.24) is 0 Å². The summed E-state index contributed by atoms with van der Waals surface area (Å²) in [5.74, 6) is 2.55. The first-order valence-electron chi connectivity index (χ1n) is 4.45. The maximum atomic E-state index is 5.68. The van der Waals surface area contributed by atoms with Gasteiger partial charge in [-0.2, -0.15) is 0 Å². The molecule has 0 bridgehead atoms. The van der Waals surface area contributed by atoms with E-state index in [1.54, 1.807) is 0 Å². The van der Waals surface area contributed by atoms with E-state index in [9.17, 15) is 0 Å². The summed E-state index contributed by atoms with van der Waals surface area (Å²) in [6.45, 7) is 5.47. The monoisotopic (exact) mass is 141 g/mol. The highest BCUT2D eigenvalue weighted by Crippen LogP contribution is 2.36. The highest BCUT2D eigenvalue weighted by atomic mass is 14.6. The smallest absolute Gasteiger partial charge is 0.00438 e. The predicted molar refractivity (Wildman–Crippen MR) is 44.7 cm³/mol. The van der Waals surface area contributed by atoms with E-state index in [4.69, 9.17) is 5.73 Å². The molecule has 1 heteroatoms. The quantitative estimate of drug-likeness (QED) is 0.639.